The topological polar surface area (TPSA) is 41.6 Å². The monoisotopic (exact) mass is 352 g/mol. The van der Waals surface area contributed by atoms with Gasteiger partial charge in [-0.3, -0.25) is 9.69 Å². The predicted octanol–water partition coefficient (Wildman–Crippen LogP) is 3.76. The maximum atomic E-state index is 12.1. The second-order valence-corrected chi connectivity index (χ2v) is 6.96. The van der Waals surface area contributed by atoms with Gasteiger partial charge in [-0.05, 0) is 49.6 Å². The first kappa shape index (κ1) is 18.5. The number of amides is 1. The molecule has 1 N–H and O–H groups in total. The predicted molar refractivity (Wildman–Crippen MR) is 104 cm³/mol. The average Bonchev–Trinajstić information content (AvgIpc) is 2.68. The summed E-state index contributed by atoms with van der Waals surface area (Å²) < 4.78 is 5.50. The van der Waals surface area contributed by atoms with Crippen LogP contribution in [0.1, 0.15) is 37.3 Å². The zero-order valence-corrected chi connectivity index (χ0v) is 15.5. The van der Waals surface area contributed by atoms with E-state index in [1.807, 2.05) is 36.4 Å². The Morgan fingerprint density at radius 1 is 1.08 bits per heavy atom. The summed E-state index contributed by atoms with van der Waals surface area (Å²) in [4.78, 5) is 14.6. The Morgan fingerprint density at radius 3 is 2.58 bits per heavy atom. The normalized spacial score (nSPS) is 17.7. The van der Waals surface area contributed by atoms with Crippen LogP contribution in [0.2, 0.25) is 0 Å². The van der Waals surface area contributed by atoms with Crippen molar-refractivity contribution >= 4 is 5.91 Å². The van der Waals surface area contributed by atoms with Gasteiger partial charge in [0.25, 0.3) is 5.91 Å². The molecule has 0 saturated carbocycles. The van der Waals surface area contributed by atoms with E-state index in [0.717, 1.165) is 13.1 Å². The number of hydrogen-bond acceptors (Lipinski definition) is 3. The van der Waals surface area contributed by atoms with E-state index in [9.17, 15) is 4.79 Å². The van der Waals surface area contributed by atoms with Gasteiger partial charge in [-0.25, -0.2) is 0 Å². The number of piperidine rings is 1. The summed E-state index contributed by atoms with van der Waals surface area (Å²) in [6.07, 6.45) is 3.88. The molecule has 4 heteroatoms. The lowest BCUT2D eigenvalue weighted by atomic mass is 10.0. The SMILES string of the molecule is CC1CCCCN1Cc1ccccc1CNC(=O)COc1ccccc1. The van der Waals surface area contributed by atoms with Gasteiger partial charge in [0.2, 0.25) is 0 Å². The minimum atomic E-state index is -0.102. The maximum absolute atomic E-state index is 12.1. The van der Waals surface area contributed by atoms with E-state index < -0.39 is 0 Å². The molecule has 1 aliphatic heterocycles. The van der Waals surface area contributed by atoms with Gasteiger partial charge in [-0.1, -0.05) is 48.9 Å². The van der Waals surface area contributed by atoms with Crippen molar-refractivity contribution in [2.45, 2.75) is 45.3 Å². The van der Waals surface area contributed by atoms with Crippen molar-refractivity contribution in [1.82, 2.24) is 10.2 Å². The Bertz CT molecular complexity index is 702. The number of para-hydroxylation sites is 1. The molecule has 1 atom stereocenters. The van der Waals surface area contributed by atoms with Crippen LogP contribution in [0.3, 0.4) is 0 Å². The van der Waals surface area contributed by atoms with Crippen molar-refractivity contribution in [3.05, 3.63) is 65.7 Å². The van der Waals surface area contributed by atoms with E-state index in [0.29, 0.717) is 18.3 Å². The van der Waals surface area contributed by atoms with Crippen LogP contribution in [0.15, 0.2) is 54.6 Å². The number of benzene rings is 2. The van der Waals surface area contributed by atoms with Gasteiger partial charge in [-0.2, -0.15) is 0 Å². The van der Waals surface area contributed by atoms with E-state index in [1.54, 1.807) is 0 Å². The largest absolute Gasteiger partial charge is 0.484 e. The molecule has 1 amide bonds. The minimum Gasteiger partial charge on any atom is -0.484 e. The average molecular weight is 352 g/mol. The molecule has 138 valence electrons. The van der Waals surface area contributed by atoms with Crippen LogP contribution in [0.5, 0.6) is 5.75 Å². The van der Waals surface area contributed by atoms with Crippen molar-refractivity contribution in [2.24, 2.45) is 0 Å². The third kappa shape index (κ3) is 5.33. The summed E-state index contributed by atoms with van der Waals surface area (Å²) in [5.74, 6) is 0.608. The fraction of sp³-hybridized carbons (Fsp3) is 0.409. The fourth-order valence-electron chi connectivity index (χ4n) is 3.41. The number of ether oxygens (including phenoxy) is 1. The molecule has 1 unspecified atom stereocenters. The zero-order valence-electron chi connectivity index (χ0n) is 15.5. The molecular weight excluding hydrogens is 324 g/mol. The Morgan fingerprint density at radius 2 is 1.81 bits per heavy atom. The molecule has 3 rings (SSSR count). The first-order valence-corrected chi connectivity index (χ1v) is 9.48. The van der Waals surface area contributed by atoms with Gasteiger partial charge in [0.15, 0.2) is 6.61 Å². The van der Waals surface area contributed by atoms with Gasteiger partial charge in [0, 0.05) is 19.1 Å². The van der Waals surface area contributed by atoms with Crippen LogP contribution >= 0.6 is 0 Å². The molecule has 1 fully saturated rings. The minimum absolute atomic E-state index is 0.0370. The molecule has 0 radical (unpaired) electrons. The van der Waals surface area contributed by atoms with Crippen LogP contribution in [-0.4, -0.2) is 30.0 Å². The molecule has 1 saturated heterocycles. The van der Waals surface area contributed by atoms with E-state index in [4.69, 9.17) is 4.74 Å². The number of carbonyl (C=O) groups is 1. The number of rotatable bonds is 7. The summed E-state index contributed by atoms with van der Waals surface area (Å²) in [5.41, 5.74) is 2.48. The molecule has 2 aromatic rings. The second-order valence-electron chi connectivity index (χ2n) is 6.96. The van der Waals surface area contributed by atoms with E-state index >= 15 is 0 Å². The molecule has 26 heavy (non-hydrogen) atoms. The Hall–Kier alpha value is -2.33. The summed E-state index contributed by atoms with van der Waals surface area (Å²) in [7, 11) is 0. The van der Waals surface area contributed by atoms with Gasteiger partial charge in [0.05, 0.1) is 0 Å². The van der Waals surface area contributed by atoms with Gasteiger partial charge in [-0.15, -0.1) is 0 Å². The lowest BCUT2D eigenvalue weighted by Gasteiger charge is -2.33. The molecule has 4 nitrogen and oxygen atoms in total. The highest BCUT2D eigenvalue weighted by Crippen LogP contribution is 2.20. The smallest absolute Gasteiger partial charge is 0.258 e. The third-order valence-electron chi connectivity index (χ3n) is 5.02. The van der Waals surface area contributed by atoms with E-state index in [2.05, 4.69) is 35.3 Å². The molecule has 1 aliphatic rings. The van der Waals surface area contributed by atoms with Crippen LogP contribution in [0.4, 0.5) is 0 Å². The van der Waals surface area contributed by atoms with Gasteiger partial charge >= 0.3 is 0 Å². The van der Waals surface area contributed by atoms with Crippen molar-refractivity contribution in [2.75, 3.05) is 13.2 Å². The molecule has 0 spiro atoms. The van der Waals surface area contributed by atoms with Crippen molar-refractivity contribution in [3.63, 3.8) is 0 Å². The first-order chi connectivity index (χ1) is 12.7. The lowest BCUT2D eigenvalue weighted by Crippen LogP contribution is -2.37. The summed E-state index contributed by atoms with van der Waals surface area (Å²) in [6, 6.07) is 18.4. The Labute approximate surface area is 156 Å². The van der Waals surface area contributed by atoms with Crippen molar-refractivity contribution < 1.29 is 9.53 Å². The first-order valence-electron chi connectivity index (χ1n) is 9.48. The molecule has 1 heterocycles. The summed E-state index contributed by atoms with van der Waals surface area (Å²) >= 11 is 0. The maximum Gasteiger partial charge on any atom is 0.258 e. The highest BCUT2D eigenvalue weighted by Gasteiger charge is 2.19. The van der Waals surface area contributed by atoms with Crippen LogP contribution in [-0.2, 0) is 17.9 Å². The highest BCUT2D eigenvalue weighted by molar-refractivity contribution is 5.77. The van der Waals surface area contributed by atoms with E-state index in [1.165, 1.54) is 30.4 Å². The third-order valence-corrected chi connectivity index (χ3v) is 5.02. The molecular formula is C22H28N2O2. The summed E-state index contributed by atoms with van der Waals surface area (Å²) in [5, 5.41) is 2.98. The highest BCUT2D eigenvalue weighted by atomic mass is 16.5. The van der Waals surface area contributed by atoms with E-state index in [-0.39, 0.29) is 12.5 Å². The zero-order chi connectivity index (χ0) is 18.2. The van der Waals surface area contributed by atoms with Crippen LogP contribution < -0.4 is 10.1 Å². The number of likely N-dealkylation sites (tertiary alicyclic amines) is 1. The standard InChI is InChI=1S/C22H28N2O2/c1-18-9-7-8-14-24(18)16-20-11-6-5-10-19(20)15-23-22(25)17-26-21-12-3-2-4-13-21/h2-6,10-13,18H,7-9,14-17H2,1H3,(H,23,25). The fourth-order valence-corrected chi connectivity index (χ4v) is 3.41. The molecule has 0 aliphatic carbocycles. The number of nitrogens with zero attached hydrogens (tertiary/aromatic N) is 1. The number of nitrogens with one attached hydrogen (secondary N) is 1. The number of hydrogen-bond donors (Lipinski definition) is 1. The van der Waals surface area contributed by atoms with Gasteiger partial charge in [0.1, 0.15) is 5.75 Å². The lowest BCUT2D eigenvalue weighted by molar-refractivity contribution is -0.123. The van der Waals surface area contributed by atoms with Gasteiger partial charge < -0.3 is 10.1 Å². The molecule has 0 bridgehead atoms. The second kappa shape index (κ2) is 9.39. The molecule has 0 aromatic heterocycles. The van der Waals surface area contributed by atoms with Crippen LogP contribution in [0.25, 0.3) is 0 Å². The Balaban J connectivity index is 1.52. The van der Waals surface area contributed by atoms with Crippen LogP contribution in [0, 0.1) is 0 Å². The molecule has 2 aromatic carbocycles. The summed E-state index contributed by atoms with van der Waals surface area (Å²) in [6.45, 7) is 5.00. The van der Waals surface area contributed by atoms with Crippen molar-refractivity contribution in [3.8, 4) is 5.75 Å². The van der Waals surface area contributed by atoms with Crippen molar-refractivity contribution in [1.29, 1.82) is 0 Å². The number of carbonyl (C=O) groups excluding carboxylic acids is 1. The quantitative estimate of drug-likeness (QED) is 0.825. The Kier molecular flexibility index (Phi) is 6.67.